The lowest BCUT2D eigenvalue weighted by molar-refractivity contribution is -0.274. The van der Waals surface area contributed by atoms with Gasteiger partial charge in [0.15, 0.2) is 0 Å². The number of carbonyl (C=O) groups excluding carboxylic acids is 1. The highest BCUT2D eigenvalue weighted by molar-refractivity contribution is 6.13. The molecule has 0 unspecified atom stereocenters. The monoisotopic (exact) mass is 514 g/mol. The van der Waals surface area contributed by atoms with Gasteiger partial charge in [0.05, 0.1) is 42.4 Å². The van der Waals surface area contributed by atoms with Crippen molar-refractivity contribution >= 4 is 28.8 Å². The van der Waals surface area contributed by atoms with Crippen LogP contribution in [0.4, 0.5) is 36.1 Å². The Kier molecular flexibility index (Phi) is 6.90. The fourth-order valence-corrected chi connectivity index (χ4v) is 4.49. The standard InChI is InChI=1S/C26H25F3N4O4/c1-35-11-10-33-22-4-2-17(18-6-7-30-24(15-18)32-8-12-36-13-9-32)14-20(22)25(34)31-21-16-19(3-5-23(21)33)37-26(27,28)29/h2-7,14-16H,8-13H2,1H3,(H,31,34). The molecule has 37 heavy (non-hydrogen) atoms. The first-order valence-electron chi connectivity index (χ1n) is 11.7. The Morgan fingerprint density at radius 3 is 2.54 bits per heavy atom. The summed E-state index contributed by atoms with van der Waals surface area (Å²) in [4.78, 5) is 21.8. The number of pyridine rings is 1. The van der Waals surface area contributed by atoms with Gasteiger partial charge >= 0.3 is 6.36 Å². The number of rotatable bonds is 6. The predicted octanol–water partition coefficient (Wildman–Crippen LogP) is 4.83. The van der Waals surface area contributed by atoms with Crippen molar-refractivity contribution in [3.05, 3.63) is 60.3 Å². The number of benzene rings is 2. The van der Waals surface area contributed by atoms with Crippen molar-refractivity contribution in [1.29, 1.82) is 0 Å². The van der Waals surface area contributed by atoms with Crippen molar-refractivity contribution in [3.8, 4) is 16.9 Å². The Hall–Kier alpha value is -3.83. The number of hydrogen-bond acceptors (Lipinski definition) is 7. The number of halogens is 3. The molecular formula is C26H25F3N4O4. The maximum absolute atomic E-state index is 13.3. The van der Waals surface area contributed by atoms with Gasteiger partial charge in [-0.2, -0.15) is 0 Å². The minimum absolute atomic E-state index is 0.208. The van der Waals surface area contributed by atoms with Gasteiger partial charge in [-0.25, -0.2) is 4.98 Å². The molecule has 3 aromatic rings. The summed E-state index contributed by atoms with van der Waals surface area (Å²) in [7, 11) is 1.56. The molecule has 0 bridgehead atoms. The molecule has 2 aliphatic rings. The lowest BCUT2D eigenvalue weighted by Gasteiger charge is -2.28. The molecule has 194 valence electrons. The largest absolute Gasteiger partial charge is 0.573 e. The topological polar surface area (TPSA) is 76.2 Å². The molecule has 1 amide bonds. The highest BCUT2D eigenvalue weighted by Crippen LogP contribution is 2.41. The fraction of sp³-hybridized carbons (Fsp3) is 0.308. The third-order valence-corrected chi connectivity index (χ3v) is 6.21. The number of carbonyl (C=O) groups is 1. The number of fused-ring (bicyclic) bond motifs is 2. The summed E-state index contributed by atoms with van der Waals surface area (Å²) < 4.78 is 53.1. The second kappa shape index (κ2) is 10.3. The summed E-state index contributed by atoms with van der Waals surface area (Å²) in [5.74, 6) is -0.0338. The molecule has 0 saturated carbocycles. The summed E-state index contributed by atoms with van der Waals surface area (Å²) >= 11 is 0. The number of amides is 1. The molecule has 1 saturated heterocycles. The van der Waals surface area contributed by atoms with E-state index in [-0.39, 0.29) is 5.69 Å². The highest BCUT2D eigenvalue weighted by Gasteiger charge is 2.32. The number of nitrogens with one attached hydrogen (secondary N) is 1. The molecule has 0 aliphatic carbocycles. The van der Waals surface area contributed by atoms with E-state index < -0.39 is 18.0 Å². The minimum atomic E-state index is -4.85. The zero-order valence-electron chi connectivity index (χ0n) is 20.0. The molecule has 0 radical (unpaired) electrons. The number of ether oxygens (including phenoxy) is 3. The summed E-state index contributed by atoms with van der Waals surface area (Å²) in [5.41, 5.74) is 3.43. The molecule has 1 aromatic heterocycles. The number of aromatic nitrogens is 1. The van der Waals surface area contributed by atoms with E-state index in [0.29, 0.717) is 43.3 Å². The van der Waals surface area contributed by atoms with E-state index in [0.717, 1.165) is 30.0 Å². The lowest BCUT2D eigenvalue weighted by Crippen LogP contribution is -2.36. The molecule has 5 rings (SSSR count). The van der Waals surface area contributed by atoms with Gasteiger partial charge < -0.3 is 29.3 Å². The van der Waals surface area contributed by atoms with Crippen LogP contribution in [0.3, 0.4) is 0 Å². The molecular weight excluding hydrogens is 489 g/mol. The number of alkyl halides is 3. The van der Waals surface area contributed by atoms with Crippen LogP contribution in [0.25, 0.3) is 11.1 Å². The number of nitrogens with zero attached hydrogens (tertiary/aromatic N) is 3. The number of morpholine rings is 1. The van der Waals surface area contributed by atoms with Crippen molar-refractivity contribution in [2.24, 2.45) is 0 Å². The Morgan fingerprint density at radius 1 is 1.03 bits per heavy atom. The van der Waals surface area contributed by atoms with Gasteiger partial charge in [-0.3, -0.25) is 4.79 Å². The Bertz CT molecular complexity index is 1300. The van der Waals surface area contributed by atoms with Crippen molar-refractivity contribution < 1.29 is 32.2 Å². The Morgan fingerprint density at radius 2 is 1.78 bits per heavy atom. The molecule has 1 N–H and O–H groups in total. The molecule has 3 heterocycles. The Labute approximate surface area is 211 Å². The average molecular weight is 515 g/mol. The predicted molar refractivity (Wildman–Crippen MR) is 133 cm³/mol. The second-order valence-electron chi connectivity index (χ2n) is 8.56. The van der Waals surface area contributed by atoms with Crippen molar-refractivity contribution in [2.75, 3.05) is 61.7 Å². The van der Waals surface area contributed by atoms with Crippen LogP contribution in [0.5, 0.6) is 5.75 Å². The lowest BCUT2D eigenvalue weighted by atomic mass is 10.0. The zero-order valence-corrected chi connectivity index (χ0v) is 20.0. The van der Waals surface area contributed by atoms with Crippen LogP contribution in [0.15, 0.2) is 54.7 Å². The molecule has 1 fully saturated rings. The van der Waals surface area contributed by atoms with E-state index in [1.807, 2.05) is 29.2 Å². The van der Waals surface area contributed by atoms with E-state index in [1.54, 1.807) is 19.4 Å². The van der Waals surface area contributed by atoms with Crippen LogP contribution in [-0.4, -0.2) is 63.8 Å². The van der Waals surface area contributed by atoms with Gasteiger partial charge in [0.25, 0.3) is 5.91 Å². The maximum atomic E-state index is 13.3. The van der Waals surface area contributed by atoms with Crippen LogP contribution >= 0.6 is 0 Å². The normalized spacial score (nSPS) is 15.5. The maximum Gasteiger partial charge on any atom is 0.573 e. The van der Waals surface area contributed by atoms with Gasteiger partial charge in [0.2, 0.25) is 0 Å². The van der Waals surface area contributed by atoms with Crippen molar-refractivity contribution in [1.82, 2.24) is 4.98 Å². The average Bonchev–Trinajstić information content (AvgIpc) is 3.00. The van der Waals surface area contributed by atoms with Gasteiger partial charge in [-0.15, -0.1) is 13.2 Å². The van der Waals surface area contributed by atoms with Crippen LogP contribution < -0.4 is 19.9 Å². The SMILES string of the molecule is COCCN1c2ccc(OC(F)(F)F)cc2NC(=O)c2cc(-c3ccnc(N4CCOCC4)c3)ccc21. The van der Waals surface area contributed by atoms with Crippen molar-refractivity contribution in [3.63, 3.8) is 0 Å². The highest BCUT2D eigenvalue weighted by atomic mass is 19.4. The smallest absolute Gasteiger partial charge is 0.406 e. The first-order chi connectivity index (χ1) is 17.8. The number of hydrogen-bond donors (Lipinski definition) is 1. The quantitative estimate of drug-likeness (QED) is 0.505. The van der Waals surface area contributed by atoms with Gasteiger partial charge in [0, 0.05) is 39.0 Å². The summed E-state index contributed by atoms with van der Waals surface area (Å²) in [6.45, 7) is 3.48. The van der Waals surface area contributed by atoms with Crippen molar-refractivity contribution in [2.45, 2.75) is 6.36 Å². The molecule has 8 nitrogen and oxygen atoms in total. The van der Waals surface area contributed by atoms with Gasteiger partial charge in [0.1, 0.15) is 11.6 Å². The first kappa shape index (κ1) is 24.8. The molecule has 0 atom stereocenters. The summed E-state index contributed by atoms with van der Waals surface area (Å²) in [6.07, 6.45) is -3.12. The molecule has 2 aliphatic heterocycles. The van der Waals surface area contributed by atoms with Gasteiger partial charge in [-0.1, -0.05) is 6.07 Å². The minimum Gasteiger partial charge on any atom is -0.406 e. The van der Waals surface area contributed by atoms with E-state index >= 15 is 0 Å². The molecule has 2 aromatic carbocycles. The molecule has 0 spiro atoms. The third-order valence-electron chi connectivity index (χ3n) is 6.21. The van der Waals surface area contributed by atoms with E-state index in [2.05, 4.69) is 19.9 Å². The zero-order chi connectivity index (χ0) is 26.0. The van der Waals surface area contributed by atoms with E-state index in [4.69, 9.17) is 9.47 Å². The van der Waals surface area contributed by atoms with Crippen LogP contribution in [0.2, 0.25) is 0 Å². The first-order valence-corrected chi connectivity index (χ1v) is 11.7. The van der Waals surface area contributed by atoms with Gasteiger partial charge in [-0.05, 0) is 47.5 Å². The third kappa shape index (κ3) is 5.47. The van der Waals surface area contributed by atoms with Crippen LogP contribution in [0.1, 0.15) is 10.4 Å². The van der Waals surface area contributed by atoms with E-state index in [1.165, 1.54) is 18.2 Å². The van der Waals surface area contributed by atoms with Crippen LogP contribution in [-0.2, 0) is 9.47 Å². The summed E-state index contributed by atoms with van der Waals surface area (Å²) in [6, 6.07) is 13.3. The Balaban J connectivity index is 1.52. The second-order valence-corrected chi connectivity index (χ2v) is 8.56. The number of methoxy groups -OCH3 is 1. The summed E-state index contributed by atoms with van der Waals surface area (Å²) in [5, 5.41) is 2.75. The number of anilines is 4. The molecule has 11 heteroatoms. The van der Waals surface area contributed by atoms with E-state index in [9.17, 15) is 18.0 Å². The van der Waals surface area contributed by atoms with Crippen LogP contribution in [0, 0.1) is 0 Å². The fourth-order valence-electron chi connectivity index (χ4n) is 4.49.